The van der Waals surface area contributed by atoms with Crippen LogP contribution in [0.15, 0.2) is 5.16 Å². The average Bonchev–Trinajstić information content (AvgIpc) is 2.69. The lowest BCUT2D eigenvalue weighted by molar-refractivity contribution is -0.133. The Morgan fingerprint density at radius 2 is 2.53 bits per heavy atom. The molecule has 2 rings (SSSR count). The number of carbonyl (C=O) groups is 1. The number of hydrogen-bond donors (Lipinski definition) is 1. The van der Waals surface area contributed by atoms with Crippen LogP contribution in [0.3, 0.4) is 0 Å². The van der Waals surface area contributed by atoms with Gasteiger partial charge >= 0.3 is 5.97 Å². The van der Waals surface area contributed by atoms with Crippen molar-refractivity contribution in [1.29, 1.82) is 0 Å². The zero-order chi connectivity index (χ0) is 12.3. The van der Waals surface area contributed by atoms with Crippen LogP contribution in [0.5, 0.6) is 0 Å². The molecule has 1 aromatic heterocycles. The molecule has 6 nitrogen and oxygen atoms in total. The lowest BCUT2D eigenvalue weighted by atomic mass is 10.0. The van der Waals surface area contributed by atoms with Crippen molar-refractivity contribution < 1.29 is 14.6 Å². The lowest BCUT2D eigenvalue weighted by Gasteiger charge is -2.18. The van der Waals surface area contributed by atoms with Crippen molar-refractivity contribution >= 4 is 17.7 Å². The van der Waals surface area contributed by atoms with E-state index in [1.807, 2.05) is 0 Å². The molecule has 1 aromatic rings. The minimum absolute atomic E-state index is 0.00708. The number of carboxylic acid groups (broad SMARTS) is 1. The van der Waals surface area contributed by atoms with Crippen molar-refractivity contribution in [1.82, 2.24) is 14.8 Å². The Kier molecular flexibility index (Phi) is 4.01. The molecule has 0 spiro atoms. The van der Waals surface area contributed by atoms with E-state index in [2.05, 4.69) is 10.1 Å². The normalized spacial score (nSPS) is 20.4. The van der Waals surface area contributed by atoms with E-state index in [1.54, 1.807) is 11.7 Å². The van der Waals surface area contributed by atoms with Gasteiger partial charge in [-0.15, -0.1) is 0 Å². The van der Waals surface area contributed by atoms with Crippen LogP contribution >= 0.6 is 11.8 Å². The van der Waals surface area contributed by atoms with Gasteiger partial charge in [0.25, 0.3) is 0 Å². The van der Waals surface area contributed by atoms with Crippen molar-refractivity contribution in [2.24, 2.45) is 7.05 Å². The van der Waals surface area contributed by atoms with Crippen LogP contribution in [0.1, 0.15) is 24.6 Å². The zero-order valence-electron chi connectivity index (χ0n) is 9.63. The van der Waals surface area contributed by atoms with Gasteiger partial charge in [-0.3, -0.25) is 4.79 Å². The summed E-state index contributed by atoms with van der Waals surface area (Å²) in [5.41, 5.74) is 0. The van der Waals surface area contributed by atoms with E-state index in [0.717, 1.165) is 25.3 Å². The average molecular weight is 257 g/mol. The summed E-state index contributed by atoms with van der Waals surface area (Å²) in [6.45, 7) is 1.47. The molecule has 0 aliphatic carbocycles. The Labute approximate surface area is 103 Å². The number of thioether (sulfide) groups is 1. The molecule has 1 unspecified atom stereocenters. The predicted molar refractivity (Wildman–Crippen MR) is 62.2 cm³/mol. The van der Waals surface area contributed by atoms with Crippen LogP contribution in [0.25, 0.3) is 0 Å². The molecule has 1 saturated heterocycles. The van der Waals surface area contributed by atoms with Gasteiger partial charge in [0.2, 0.25) is 0 Å². The Morgan fingerprint density at radius 1 is 1.71 bits per heavy atom. The highest BCUT2D eigenvalue weighted by Gasteiger charge is 2.21. The van der Waals surface area contributed by atoms with E-state index in [1.165, 1.54) is 11.8 Å². The van der Waals surface area contributed by atoms with Gasteiger partial charge < -0.3 is 9.84 Å². The van der Waals surface area contributed by atoms with E-state index < -0.39 is 5.97 Å². The summed E-state index contributed by atoms with van der Waals surface area (Å²) >= 11 is 1.19. The van der Waals surface area contributed by atoms with Crippen LogP contribution in [0.2, 0.25) is 0 Å². The largest absolute Gasteiger partial charge is 0.481 e. The summed E-state index contributed by atoms with van der Waals surface area (Å²) in [5, 5.41) is 13.6. The minimum Gasteiger partial charge on any atom is -0.481 e. The number of nitrogens with zero attached hydrogens (tertiary/aromatic N) is 3. The Morgan fingerprint density at radius 3 is 3.18 bits per heavy atom. The molecule has 0 bridgehead atoms. The molecule has 1 N–H and O–H groups in total. The fourth-order valence-corrected chi connectivity index (χ4v) is 2.40. The second kappa shape index (κ2) is 5.50. The predicted octanol–water partition coefficient (Wildman–Crippen LogP) is 0.886. The maximum absolute atomic E-state index is 10.5. The summed E-state index contributed by atoms with van der Waals surface area (Å²) in [7, 11) is 1.78. The maximum atomic E-state index is 10.5. The second-order valence-electron chi connectivity index (χ2n) is 3.97. The molecule has 7 heteroatoms. The molecule has 1 atom stereocenters. The van der Waals surface area contributed by atoms with Crippen LogP contribution in [-0.4, -0.2) is 44.8 Å². The molecular formula is C10H15N3O3S. The monoisotopic (exact) mass is 257 g/mol. The van der Waals surface area contributed by atoms with Gasteiger partial charge in [0.15, 0.2) is 11.0 Å². The molecule has 0 aromatic carbocycles. The minimum atomic E-state index is -0.847. The Hall–Kier alpha value is -1.08. The first-order valence-corrected chi connectivity index (χ1v) is 6.48. The van der Waals surface area contributed by atoms with Crippen molar-refractivity contribution in [3.05, 3.63) is 5.82 Å². The number of rotatable bonds is 4. The molecule has 1 aliphatic rings. The number of carboxylic acids is 1. The number of hydrogen-bond acceptors (Lipinski definition) is 5. The van der Waals surface area contributed by atoms with Gasteiger partial charge in [0.05, 0.1) is 12.4 Å². The number of aromatic nitrogens is 3. The van der Waals surface area contributed by atoms with Gasteiger partial charge in [-0.25, -0.2) is 9.67 Å². The molecule has 0 amide bonds. The summed E-state index contributed by atoms with van der Waals surface area (Å²) in [5.74, 6) is 0.169. The first-order valence-electron chi connectivity index (χ1n) is 5.50. The topological polar surface area (TPSA) is 77.2 Å². The summed E-state index contributed by atoms with van der Waals surface area (Å²) in [6.07, 6.45) is 2.06. The fourth-order valence-electron chi connectivity index (χ4n) is 1.76. The summed E-state index contributed by atoms with van der Waals surface area (Å²) in [4.78, 5) is 14.9. The van der Waals surface area contributed by atoms with Crippen LogP contribution < -0.4 is 0 Å². The maximum Gasteiger partial charge on any atom is 0.313 e. The SMILES string of the molecule is Cn1nc(C2CCCOC2)nc1SCC(=O)O. The van der Waals surface area contributed by atoms with E-state index in [9.17, 15) is 4.79 Å². The molecule has 17 heavy (non-hydrogen) atoms. The molecule has 94 valence electrons. The standard InChI is InChI=1S/C10H15N3O3S/c1-13-10(17-6-8(14)15)11-9(12-13)7-3-2-4-16-5-7/h7H,2-6H2,1H3,(H,14,15). The van der Waals surface area contributed by atoms with E-state index in [0.29, 0.717) is 11.8 Å². The van der Waals surface area contributed by atoms with Crippen molar-refractivity contribution in [3.63, 3.8) is 0 Å². The van der Waals surface area contributed by atoms with Gasteiger partial charge in [-0.1, -0.05) is 11.8 Å². The smallest absolute Gasteiger partial charge is 0.313 e. The molecule has 2 heterocycles. The first-order chi connectivity index (χ1) is 8.16. The van der Waals surface area contributed by atoms with Gasteiger partial charge in [-0.2, -0.15) is 5.10 Å². The second-order valence-corrected chi connectivity index (χ2v) is 4.92. The fraction of sp³-hybridized carbons (Fsp3) is 0.700. The van der Waals surface area contributed by atoms with E-state index in [4.69, 9.17) is 9.84 Å². The Balaban J connectivity index is 2.03. The van der Waals surface area contributed by atoms with Crippen molar-refractivity contribution in [3.8, 4) is 0 Å². The van der Waals surface area contributed by atoms with Gasteiger partial charge in [0, 0.05) is 19.6 Å². The van der Waals surface area contributed by atoms with Crippen LogP contribution in [0.4, 0.5) is 0 Å². The molecule has 1 fully saturated rings. The third-order valence-electron chi connectivity index (χ3n) is 2.59. The highest BCUT2D eigenvalue weighted by Crippen LogP contribution is 2.25. The molecule has 1 aliphatic heterocycles. The van der Waals surface area contributed by atoms with Gasteiger partial charge in [0.1, 0.15) is 0 Å². The van der Waals surface area contributed by atoms with E-state index in [-0.39, 0.29) is 11.7 Å². The van der Waals surface area contributed by atoms with Crippen LogP contribution in [-0.2, 0) is 16.6 Å². The van der Waals surface area contributed by atoms with Gasteiger partial charge in [-0.05, 0) is 12.8 Å². The van der Waals surface area contributed by atoms with Crippen molar-refractivity contribution in [2.45, 2.75) is 23.9 Å². The quantitative estimate of drug-likeness (QED) is 0.807. The summed E-state index contributed by atoms with van der Waals surface area (Å²) in [6, 6.07) is 0. The third-order valence-corrected chi connectivity index (χ3v) is 3.59. The highest BCUT2D eigenvalue weighted by molar-refractivity contribution is 7.99. The highest BCUT2D eigenvalue weighted by atomic mass is 32.2. The van der Waals surface area contributed by atoms with Crippen molar-refractivity contribution in [2.75, 3.05) is 19.0 Å². The molecular weight excluding hydrogens is 242 g/mol. The number of aryl methyl sites for hydroxylation is 1. The lowest BCUT2D eigenvalue weighted by Crippen LogP contribution is -2.16. The molecule has 0 saturated carbocycles. The Bertz CT molecular complexity index is 402. The zero-order valence-corrected chi connectivity index (χ0v) is 10.4. The number of aliphatic carboxylic acids is 1. The third kappa shape index (κ3) is 3.19. The number of ether oxygens (including phenoxy) is 1. The van der Waals surface area contributed by atoms with Crippen LogP contribution in [0, 0.1) is 0 Å². The summed E-state index contributed by atoms with van der Waals surface area (Å²) < 4.78 is 7.03. The van der Waals surface area contributed by atoms with E-state index >= 15 is 0 Å². The molecule has 0 radical (unpaired) electrons. The first kappa shape index (κ1) is 12.4.